The number of nitrogens with zero attached hydrogens (tertiary/aromatic N) is 4. The molecule has 0 bridgehead atoms. The molecule has 158 valence electrons. The number of hydrazone groups is 1. The molecule has 1 unspecified atom stereocenters. The number of aromatic nitrogens is 1. The van der Waals surface area contributed by atoms with Gasteiger partial charge >= 0.3 is 0 Å². The average molecular weight is 457 g/mol. The summed E-state index contributed by atoms with van der Waals surface area (Å²) in [4.78, 5) is 49.5. The van der Waals surface area contributed by atoms with E-state index in [9.17, 15) is 24.5 Å². The molecule has 3 aromatic heterocycles. The quantitative estimate of drug-likeness (QED) is 0.447. The van der Waals surface area contributed by atoms with E-state index in [2.05, 4.69) is 5.10 Å². The van der Waals surface area contributed by atoms with E-state index in [-0.39, 0.29) is 6.04 Å². The van der Waals surface area contributed by atoms with Crippen LogP contribution in [0.1, 0.15) is 32.6 Å². The summed E-state index contributed by atoms with van der Waals surface area (Å²) in [6.45, 7) is -0.524. The smallest absolute Gasteiger partial charge is 0.286 e. The summed E-state index contributed by atoms with van der Waals surface area (Å²) < 4.78 is 0.824. The summed E-state index contributed by atoms with van der Waals surface area (Å²) in [7, 11) is 0. The van der Waals surface area contributed by atoms with Crippen molar-refractivity contribution in [2.45, 2.75) is 19.0 Å². The summed E-state index contributed by atoms with van der Waals surface area (Å²) in [5.41, 5.74) is 3.97. The minimum Gasteiger partial charge on any atom is -0.365 e. The average Bonchev–Trinajstić information content (AvgIpc) is 3.48. The van der Waals surface area contributed by atoms with Crippen molar-refractivity contribution in [3.63, 3.8) is 0 Å². The second-order valence-electron chi connectivity index (χ2n) is 6.66. The number of carbonyl (C=O) groups excluding carboxylic acids is 2. The number of hydrogen-bond acceptors (Lipinski definition) is 8. The normalized spacial score (nSPS) is 15.7. The van der Waals surface area contributed by atoms with E-state index in [0.29, 0.717) is 6.42 Å². The molecule has 1 aliphatic rings. The molecule has 2 amide bonds. The van der Waals surface area contributed by atoms with Crippen LogP contribution in [-0.4, -0.2) is 32.0 Å². The van der Waals surface area contributed by atoms with Crippen molar-refractivity contribution >= 4 is 45.9 Å². The number of amides is 2. The molecule has 2 N–H and O–H groups in total. The Balaban J connectivity index is 1.70. The largest absolute Gasteiger partial charge is 0.365 e. The molecule has 0 aromatic carbocycles. The monoisotopic (exact) mass is 457 g/mol. The Labute approximate surface area is 183 Å². The number of primary amides is 1. The molecule has 31 heavy (non-hydrogen) atoms. The van der Waals surface area contributed by atoms with Gasteiger partial charge in [0, 0.05) is 17.4 Å². The maximum atomic E-state index is 13.1. The van der Waals surface area contributed by atoms with E-state index < -0.39 is 40.1 Å². The molecule has 12 heteroatoms. The number of hydrogen-bond donors (Lipinski definition) is 1. The number of carbonyl (C=O) groups is 2. The van der Waals surface area contributed by atoms with Gasteiger partial charge in [0.1, 0.15) is 12.1 Å². The molecule has 0 radical (unpaired) electrons. The van der Waals surface area contributed by atoms with E-state index in [4.69, 9.17) is 5.73 Å². The predicted molar refractivity (Wildman–Crippen MR) is 115 cm³/mol. The topological polar surface area (TPSA) is 141 Å². The number of rotatable bonds is 6. The summed E-state index contributed by atoms with van der Waals surface area (Å²) in [6.07, 6.45) is 1.43. The number of pyridine rings is 1. The van der Waals surface area contributed by atoms with Gasteiger partial charge < -0.3 is 5.73 Å². The first-order valence-corrected chi connectivity index (χ1v) is 10.8. The highest BCUT2D eigenvalue weighted by Gasteiger charge is 2.34. The van der Waals surface area contributed by atoms with Crippen molar-refractivity contribution in [3.05, 3.63) is 83.1 Å². The van der Waals surface area contributed by atoms with Crippen molar-refractivity contribution in [2.75, 3.05) is 0 Å². The van der Waals surface area contributed by atoms with Crippen LogP contribution in [0.3, 0.4) is 0 Å². The van der Waals surface area contributed by atoms with Crippen LogP contribution >= 0.6 is 22.7 Å². The van der Waals surface area contributed by atoms with Gasteiger partial charge in [-0.3, -0.25) is 29.1 Å². The third kappa shape index (κ3) is 4.02. The molecule has 10 nitrogen and oxygen atoms in total. The second kappa shape index (κ2) is 8.24. The van der Waals surface area contributed by atoms with Gasteiger partial charge in [-0.05, 0) is 22.9 Å². The van der Waals surface area contributed by atoms with Gasteiger partial charge in [-0.15, -0.1) is 22.7 Å². The van der Waals surface area contributed by atoms with Crippen LogP contribution < -0.4 is 11.3 Å². The molecule has 0 saturated heterocycles. The molecule has 3 aromatic rings. The van der Waals surface area contributed by atoms with Gasteiger partial charge in [-0.1, -0.05) is 12.1 Å². The predicted octanol–water partition coefficient (Wildman–Crippen LogP) is 2.36. The highest BCUT2D eigenvalue weighted by Crippen LogP contribution is 2.36. The molecular formula is C19H15N5O5S2. The maximum Gasteiger partial charge on any atom is 0.286 e. The molecule has 1 aliphatic heterocycles. The van der Waals surface area contributed by atoms with Gasteiger partial charge in [0.05, 0.1) is 27.8 Å². The van der Waals surface area contributed by atoms with Crippen molar-refractivity contribution in [1.29, 1.82) is 0 Å². The van der Waals surface area contributed by atoms with Crippen LogP contribution in [0.25, 0.3) is 0 Å². The van der Waals surface area contributed by atoms with Crippen LogP contribution in [0.4, 0.5) is 5.69 Å². The van der Waals surface area contributed by atoms with E-state index in [0.717, 1.165) is 32.3 Å². The van der Waals surface area contributed by atoms with Crippen molar-refractivity contribution in [2.24, 2.45) is 10.8 Å². The van der Waals surface area contributed by atoms with E-state index >= 15 is 0 Å². The Morgan fingerprint density at radius 1 is 1.26 bits per heavy atom. The zero-order chi connectivity index (χ0) is 22.1. The molecular weight excluding hydrogens is 442 g/mol. The lowest BCUT2D eigenvalue weighted by Gasteiger charge is -2.21. The van der Waals surface area contributed by atoms with Crippen molar-refractivity contribution in [1.82, 2.24) is 9.58 Å². The lowest BCUT2D eigenvalue weighted by atomic mass is 10.1. The zero-order valence-corrected chi connectivity index (χ0v) is 17.5. The Kier molecular flexibility index (Phi) is 5.48. The third-order valence-corrected chi connectivity index (χ3v) is 6.59. The van der Waals surface area contributed by atoms with E-state index in [1.807, 2.05) is 35.0 Å². The number of thiophene rings is 2. The van der Waals surface area contributed by atoms with Crippen LogP contribution in [0.15, 0.2) is 57.2 Å². The molecule has 1 atom stereocenters. The minimum atomic E-state index is -1.11. The lowest BCUT2D eigenvalue weighted by molar-refractivity contribution is -0.385. The Morgan fingerprint density at radius 3 is 2.61 bits per heavy atom. The molecule has 4 heterocycles. The van der Waals surface area contributed by atoms with Gasteiger partial charge in [-0.2, -0.15) is 5.10 Å². The number of nitro groups is 1. The molecule has 0 spiro atoms. The fraction of sp³-hybridized carbons (Fsp3) is 0.158. The Bertz CT molecular complexity index is 1250. The Hall–Kier alpha value is -3.64. The van der Waals surface area contributed by atoms with Gasteiger partial charge in [0.25, 0.3) is 23.1 Å². The van der Waals surface area contributed by atoms with Crippen LogP contribution in [-0.2, 0) is 11.3 Å². The molecule has 0 aliphatic carbocycles. The SMILES string of the molecule is NC(=O)c1cc([N+](=O)[O-])cn(CC(=O)N2N=C(c3cccs3)CC2c2cccs2)c1=O. The summed E-state index contributed by atoms with van der Waals surface area (Å²) >= 11 is 2.98. The third-order valence-electron chi connectivity index (χ3n) is 4.70. The van der Waals surface area contributed by atoms with Gasteiger partial charge in [-0.25, -0.2) is 5.01 Å². The molecule has 4 rings (SSSR count). The zero-order valence-electron chi connectivity index (χ0n) is 15.8. The van der Waals surface area contributed by atoms with Crippen molar-refractivity contribution in [3.8, 4) is 0 Å². The van der Waals surface area contributed by atoms with E-state index in [1.165, 1.54) is 27.7 Å². The number of nitrogens with two attached hydrogens (primary N) is 1. The first-order valence-electron chi connectivity index (χ1n) is 9.00. The standard InChI is InChI=1S/C19H15N5O5S2/c20-18(26)12-7-11(24(28)29)9-22(19(12)27)10-17(25)23-14(16-4-2-6-31-16)8-13(21-23)15-3-1-5-30-15/h1-7,9,14H,8,10H2,(H2,20,26). The lowest BCUT2D eigenvalue weighted by Crippen LogP contribution is -2.36. The first kappa shape index (κ1) is 20.6. The molecule has 0 fully saturated rings. The van der Waals surface area contributed by atoms with Gasteiger partial charge in [0.2, 0.25) is 0 Å². The fourth-order valence-corrected chi connectivity index (χ4v) is 4.80. The highest BCUT2D eigenvalue weighted by atomic mass is 32.1. The molecule has 0 saturated carbocycles. The van der Waals surface area contributed by atoms with Crippen LogP contribution in [0, 0.1) is 10.1 Å². The van der Waals surface area contributed by atoms with Crippen LogP contribution in [0.5, 0.6) is 0 Å². The first-order chi connectivity index (χ1) is 14.8. The summed E-state index contributed by atoms with van der Waals surface area (Å²) in [6, 6.07) is 8.02. The fourth-order valence-electron chi connectivity index (χ4n) is 3.27. The van der Waals surface area contributed by atoms with Crippen molar-refractivity contribution < 1.29 is 14.5 Å². The van der Waals surface area contributed by atoms with E-state index in [1.54, 1.807) is 0 Å². The highest BCUT2D eigenvalue weighted by molar-refractivity contribution is 7.12. The summed E-state index contributed by atoms with van der Waals surface area (Å²) in [5.74, 6) is -1.64. The van der Waals surface area contributed by atoms with Gasteiger partial charge in [0.15, 0.2) is 0 Å². The second-order valence-corrected chi connectivity index (χ2v) is 8.59. The Morgan fingerprint density at radius 2 is 2.00 bits per heavy atom. The van der Waals surface area contributed by atoms with Crippen LogP contribution in [0.2, 0.25) is 0 Å². The summed E-state index contributed by atoms with van der Waals surface area (Å²) in [5, 5.41) is 20.8. The maximum absolute atomic E-state index is 13.1. The minimum absolute atomic E-state index is 0.352.